The molecule has 0 radical (unpaired) electrons. The summed E-state index contributed by atoms with van der Waals surface area (Å²) in [6.45, 7) is 11.6. The van der Waals surface area contributed by atoms with Crippen LogP contribution < -0.4 is 10.4 Å². The van der Waals surface area contributed by atoms with Crippen LogP contribution in [0.25, 0.3) is 11.0 Å². The number of aliphatic hydroxyl groups excluding tert-OH is 1. The molecule has 0 aliphatic heterocycles. The van der Waals surface area contributed by atoms with Gasteiger partial charge in [-0.1, -0.05) is 45.1 Å². The molecule has 28 heavy (non-hydrogen) atoms. The Labute approximate surface area is 166 Å². The predicted molar refractivity (Wildman–Crippen MR) is 110 cm³/mol. The summed E-state index contributed by atoms with van der Waals surface area (Å²) in [5, 5.41) is 11.4. The third kappa shape index (κ3) is 2.98. The van der Waals surface area contributed by atoms with Crippen LogP contribution in [-0.2, 0) is 0 Å². The zero-order valence-electron chi connectivity index (χ0n) is 17.0. The zero-order valence-corrected chi connectivity index (χ0v) is 17.0. The maximum absolute atomic E-state index is 11.9. The molecule has 0 bridgehead atoms. The van der Waals surface area contributed by atoms with Gasteiger partial charge in [-0.05, 0) is 54.6 Å². The first-order chi connectivity index (χ1) is 13.2. The van der Waals surface area contributed by atoms with Crippen molar-refractivity contribution >= 4 is 11.0 Å². The molecule has 2 aliphatic rings. The van der Waals surface area contributed by atoms with Crippen LogP contribution in [0, 0.1) is 22.7 Å². The first-order valence-electron chi connectivity index (χ1n) is 10.2. The molecule has 1 aromatic heterocycles. The van der Waals surface area contributed by atoms with E-state index >= 15 is 0 Å². The fourth-order valence-corrected chi connectivity index (χ4v) is 5.85. The molecule has 4 rings (SSSR count). The molecule has 0 amide bonds. The molecule has 0 spiro atoms. The smallest absolute Gasteiger partial charge is 0.339 e. The average Bonchev–Trinajstić information content (AvgIpc) is 2.64. The number of fused-ring (bicyclic) bond motifs is 2. The van der Waals surface area contributed by atoms with Crippen LogP contribution in [0.5, 0.6) is 5.75 Å². The monoisotopic (exact) mass is 382 g/mol. The lowest BCUT2D eigenvalue weighted by Crippen LogP contribution is -2.55. The Morgan fingerprint density at radius 1 is 1.25 bits per heavy atom. The summed E-state index contributed by atoms with van der Waals surface area (Å²) in [7, 11) is 0. The topological polar surface area (TPSA) is 59.7 Å². The van der Waals surface area contributed by atoms with Crippen molar-refractivity contribution in [2.24, 2.45) is 22.7 Å². The second kappa shape index (κ2) is 6.77. The van der Waals surface area contributed by atoms with Gasteiger partial charge in [0.25, 0.3) is 0 Å². The first kappa shape index (κ1) is 19.3. The Bertz CT molecular complexity index is 956. The van der Waals surface area contributed by atoms with Crippen LogP contribution in [0.3, 0.4) is 0 Å². The van der Waals surface area contributed by atoms with Crippen molar-refractivity contribution < 1.29 is 14.3 Å². The Morgan fingerprint density at radius 2 is 2.00 bits per heavy atom. The molecule has 1 aromatic carbocycles. The minimum absolute atomic E-state index is 0.0350. The van der Waals surface area contributed by atoms with Crippen molar-refractivity contribution in [1.82, 2.24) is 0 Å². The van der Waals surface area contributed by atoms with E-state index in [9.17, 15) is 9.90 Å². The number of benzene rings is 1. The van der Waals surface area contributed by atoms with E-state index in [1.54, 1.807) is 6.07 Å². The second-order valence-corrected chi connectivity index (χ2v) is 9.42. The standard InChI is InChI=1S/C24H30O4/c1-15-9-10-20-23(2,3)21(25)11-12-24(20,4)17(15)14-27-19-13-22(26)28-18-8-6-5-7-16(18)19/h5-8,13,17,20-21,25H,1,9-12,14H2,2-4H3/t17?,20-,21-,24+/m1/s1. The van der Waals surface area contributed by atoms with Crippen molar-refractivity contribution in [3.05, 3.63) is 52.9 Å². The summed E-state index contributed by atoms with van der Waals surface area (Å²) < 4.78 is 11.5. The summed E-state index contributed by atoms with van der Waals surface area (Å²) >= 11 is 0. The van der Waals surface area contributed by atoms with Gasteiger partial charge in [-0.25, -0.2) is 4.79 Å². The maximum atomic E-state index is 11.9. The number of aliphatic hydroxyl groups is 1. The second-order valence-electron chi connectivity index (χ2n) is 9.42. The van der Waals surface area contributed by atoms with Gasteiger partial charge in [-0.15, -0.1) is 0 Å². The Hall–Kier alpha value is -2.07. The maximum Gasteiger partial charge on any atom is 0.339 e. The van der Waals surface area contributed by atoms with Crippen molar-refractivity contribution in [3.8, 4) is 5.75 Å². The van der Waals surface area contributed by atoms with E-state index in [0.29, 0.717) is 23.9 Å². The molecule has 4 heteroatoms. The molecule has 2 saturated carbocycles. The minimum Gasteiger partial charge on any atom is -0.492 e. The van der Waals surface area contributed by atoms with Gasteiger partial charge in [0.1, 0.15) is 11.3 Å². The van der Waals surface area contributed by atoms with Crippen LogP contribution in [-0.4, -0.2) is 17.8 Å². The lowest BCUT2D eigenvalue weighted by Gasteiger charge is -2.59. The molecule has 150 valence electrons. The number of hydrogen-bond acceptors (Lipinski definition) is 4. The molecule has 2 aliphatic carbocycles. The third-order valence-electron chi connectivity index (χ3n) is 7.57. The number of rotatable bonds is 3. The van der Waals surface area contributed by atoms with E-state index < -0.39 is 5.63 Å². The summed E-state index contributed by atoms with van der Waals surface area (Å²) in [5.74, 6) is 1.19. The van der Waals surface area contributed by atoms with E-state index in [1.807, 2.05) is 18.2 Å². The van der Waals surface area contributed by atoms with E-state index in [0.717, 1.165) is 31.1 Å². The van der Waals surface area contributed by atoms with Gasteiger partial charge in [-0.3, -0.25) is 0 Å². The molecule has 1 heterocycles. The first-order valence-corrected chi connectivity index (χ1v) is 10.2. The van der Waals surface area contributed by atoms with E-state index in [2.05, 4.69) is 27.4 Å². The van der Waals surface area contributed by atoms with Gasteiger partial charge in [0.15, 0.2) is 0 Å². The third-order valence-corrected chi connectivity index (χ3v) is 7.57. The van der Waals surface area contributed by atoms with Gasteiger partial charge in [0.05, 0.1) is 24.2 Å². The van der Waals surface area contributed by atoms with Crippen molar-refractivity contribution in [1.29, 1.82) is 0 Å². The van der Waals surface area contributed by atoms with Crippen LogP contribution in [0.15, 0.2) is 51.7 Å². The Balaban J connectivity index is 1.64. The largest absolute Gasteiger partial charge is 0.492 e. The Kier molecular flexibility index (Phi) is 4.65. The molecule has 4 atom stereocenters. The van der Waals surface area contributed by atoms with Gasteiger partial charge >= 0.3 is 5.63 Å². The summed E-state index contributed by atoms with van der Waals surface area (Å²) in [6, 6.07) is 8.89. The fraction of sp³-hybridized carbons (Fsp3) is 0.542. The molecule has 1 N–H and O–H groups in total. The van der Waals surface area contributed by atoms with E-state index in [4.69, 9.17) is 9.15 Å². The fourth-order valence-electron chi connectivity index (χ4n) is 5.85. The van der Waals surface area contributed by atoms with Gasteiger partial charge in [0, 0.05) is 5.92 Å². The van der Waals surface area contributed by atoms with E-state index in [-0.39, 0.29) is 22.9 Å². The summed E-state index contributed by atoms with van der Waals surface area (Å²) in [5.41, 5.74) is 1.28. The van der Waals surface area contributed by atoms with Crippen LogP contribution in [0.2, 0.25) is 0 Å². The number of para-hydroxylation sites is 1. The SMILES string of the molecule is C=C1CC[C@@H]2C(C)(C)[C@H](O)CC[C@@]2(C)C1COc1cc(=O)oc2ccccc12. The molecular formula is C24H30O4. The van der Waals surface area contributed by atoms with Crippen molar-refractivity contribution in [3.63, 3.8) is 0 Å². The lowest BCUT2D eigenvalue weighted by molar-refractivity contribution is -0.128. The number of ether oxygens (including phenoxy) is 1. The summed E-state index contributed by atoms with van der Waals surface area (Å²) in [6.07, 6.45) is 3.53. The minimum atomic E-state index is -0.401. The van der Waals surface area contributed by atoms with Gasteiger partial charge in [-0.2, -0.15) is 0 Å². The quantitative estimate of drug-likeness (QED) is 0.603. The zero-order chi connectivity index (χ0) is 20.1. The molecule has 2 aromatic rings. The van der Waals surface area contributed by atoms with Gasteiger partial charge in [0.2, 0.25) is 0 Å². The van der Waals surface area contributed by atoms with Crippen molar-refractivity contribution in [2.75, 3.05) is 6.61 Å². The van der Waals surface area contributed by atoms with Crippen LogP contribution >= 0.6 is 0 Å². The Morgan fingerprint density at radius 3 is 2.79 bits per heavy atom. The predicted octanol–water partition coefficient (Wildman–Crippen LogP) is 4.94. The molecule has 1 unspecified atom stereocenters. The van der Waals surface area contributed by atoms with Crippen LogP contribution in [0.4, 0.5) is 0 Å². The molecule has 4 nitrogen and oxygen atoms in total. The average molecular weight is 383 g/mol. The highest BCUT2D eigenvalue weighted by molar-refractivity contribution is 5.82. The molecule has 2 fully saturated rings. The lowest BCUT2D eigenvalue weighted by atomic mass is 9.47. The highest BCUT2D eigenvalue weighted by atomic mass is 16.5. The molecular weight excluding hydrogens is 352 g/mol. The normalized spacial score (nSPS) is 32.1. The number of hydrogen-bond donors (Lipinski definition) is 1. The van der Waals surface area contributed by atoms with E-state index in [1.165, 1.54) is 11.6 Å². The van der Waals surface area contributed by atoms with Crippen molar-refractivity contribution in [2.45, 2.75) is 52.6 Å². The molecule has 0 saturated heterocycles. The summed E-state index contributed by atoms with van der Waals surface area (Å²) in [4.78, 5) is 11.9. The van der Waals surface area contributed by atoms with Gasteiger partial charge < -0.3 is 14.3 Å². The highest BCUT2D eigenvalue weighted by Crippen LogP contribution is 2.60. The van der Waals surface area contributed by atoms with Crippen LogP contribution in [0.1, 0.15) is 46.5 Å². The highest BCUT2D eigenvalue weighted by Gasteiger charge is 2.56.